The van der Waals surface area contributed by atoms with E-state index in [4.69, 9.17) is 9.92 Å². The highest BCUT2D eigenvalue weighted by atomic mass is 32.2. The van der Waals surface area contributed by atoms with Crippen LogP contribution in [0.4, 0.5) is 10.1 Å². The first-order chi connectivity index (χ1) is 8.49. The predicted molar refractivity (Wildman–Crippen MR) is 65.1 cm³/mol. The van der Waals surface area contributed by atoms with Gasteiger partial charge in [-0.2, -0.15) is 8.42 Å². The maximum Gasteiger partial charge on any atom is 0.339 e. The summed E-state index contributed by atoms with van der Waals surface area (Å²) in [6.45, 7) is 0. The highest BCUT2D eigenvalue weighted by Crippen LogP contribution is 2.24. The standard InChI is InChI=1S/C12H10FNO3S/c13-9-5-7-10(8-6-9)18(15,16)17-12-4-2-1-3-11(12)14/h1-8H,14H2. The van der Waals surface area contributed by atoms with E-state index in [-0.39, 0.29) is 16.3 Å². The molecule has 0 fully saturated rings. The smallest absolute Gasteiger partial charge is 0.339 e. The molecule has 94 valence electrons. The summed E-state index contributed by atoms with van der Waals surface area (Å²) in [7, 11) is -4.00. The number of halogens is 1. The van der Waals surface area contributed by atoms with Crippen molar-refractivity contribution >= 4 is 15.8 Å². The Bertz CT molecular complexity index is 653. The second-order valence-corrected chi connectivity index (χ2v) is 5.08. The van der Waals surface area contributed by atoms with Crippen LogP contribution < -0.4 is 9.92 Å². The molecule has 0 aromatic heterocycles. The maximum atomic E-state index is 12.7. The Labute approximate surface area is 104 Å². The molecule has 0 heterocycles. The maximum absolute atomic E-state index is 12.7. The minimum Gasteiger partial charge on any atom is -0.396 e. The largest absolute Gasteiger partial charge is 0.396 e. The lowest BCUT2D eigenvalue weighted by atomic mass is 10.3. The molecule has 0 saturated carbocycles. The van der Waals surface area contributed by atoms with Crippen LogP contribution in [0.1, 0.15) is 0 Å². The van der Waals surface area contributed by atoms with Crippen LogP contribution in [0, 0.1) is 5.82 Å². The summed E-state index contributed by atoms with van der Waals surface area (Å²) in [5.41, 5.74) is 5.79. The van der Waals surface area contributed by atoms with Crippen molar-refractivity contribution in [3.05, 3.63) is 54.3 Å². The first-order valence-electron chi connectivity index (χ1n) is 5.03. The van der Waals surface area contributed by atoms with E-state index in [0.29, 0.717) is 0 Å². The number of anilines is 1. The fourth-order valence-electron chi connectivity index (χ4n) is 1.32. The van der Waals surface area contributed by atoms with Crippen molar-refractivity contribution in [2.24, 2.45) is 0 Å². The van der Waals surface area contributed by atoms with Crippen LogP contribution in [0.15, 0.2) is 53.4 Å². The lowest BCUT2D eigenvalue weighted by Gasteiger charge is -2.08. The summed E-state index contributed by atoms with van der Waals surface area (Å²) in [6, 6.07) is 10.6. The average Bonchev–Trinajstić information content (AvgIpc) is 2.32. The van der Waals surface area contributed by atoms with Gasteiger partial charge in [0.2, 0.25) is 0 Å². The molecule has 0 amide bonds. The summed E-state index contributed by atoms with van der Waals surface area (Å²) in [6.07, 6.45) is 0. The lowest BCUT2D eigenvalue weighted by molar-refractivity contribution is 0.487. The molecule has 0 bridgehead atoms. The zero-order valence-electron chi connectivity index (χ0n) is 9.21. The molecule has 6 heteroatoms. The minimum absolute atomic E-state index is 0.0434. The molecule has 4 nitrogen and oxygen atoms in total. The van der Waals surface area contributed by atoms with Crippen LogP contribution in [-0.4, -0.2) is 8.42 Å². The van der Waals surface area contributed by atoms with E-state index in [1.807, 2.05) is 0 Å². The Balaban J connectivity index is 2.33. The summed E-state index contributed by atoms with van der Waals surface area (Å²) < 4.78 is 41.3. The first-order valence-corrected chi connectivity index (χ1v) is 6.44. The number of benzene rings is 2. The number of nitrogen functional groups attached to an aromatic ring is 1. The molecule has 0 spiro atoms. The fraction of sp³-hybridized carbons (Fsp3) is 0. The van der Waals surface area contributed by atoms with Gasteiger partial charge in [-0.1, -0.05) is 12.1 Å². The molecule has 0 unspecified atom stereocenters. The highest BCUT2D eigenvalue weighted by Gasteiger charge is 2.17. The molecule has 18 heavy (non-hydrogen) atoms. The third kappa shape index (κ3) is 2.60. The number of para-hydroxylation sites is 2. The summed E-state index contributed by atoms with van der Waals surface area (Å²) >= 11 is 0. The van der Waals surface area contributed by atoms with E-state index in [9.17, 15) is 12.8 Å². The van der Waals surface area contributed by atoms with Crippen molar-refractivity contribution in [2.45, 2.75) is 4.90 Å². The lowest BCUT2D eigenvalue weighted by Crippen LogP contribution is -2.10. The monoisotopic (exact) mass is 267 g/mol. The van der Waals surface area contributed by atoms with E-state index >= 15 is 0 Å². The summed E-state index contributed by atoms with van der Waals surface area (Å²) in [5, 5.41) is 0. The van der Waals surface area contributed by atoms with Crippen molar-refractivity contribution < 1.29 is 17.0 Å². The van der Waals surface area contributed by atoms with Gasteiger partial charge in [-0.3, -0.25) is 0 Å². The van der Waals surface area contributed by atoms with Gasteiger partial charge in [-0.05, 0) is 36.4 Å². The summed E-state index contributed by atoms with van der Waals surface area (Å²) in [4.78, 5) is -0.132. The van der Waals surface area contributed by atoms with Crippen molar-refractivity contribution in [1.29, 1.82) is 0 Å². The van der Waals surface area contributed by atoms with Crippen LogP contribution in [0.3, 0.4) is 0 Å². The van der Waals surface area contributed by atoms with Gasteiger partial charge in [0.1, 0.15) is 10.7 Å². The molecule has 0 saturated heterocycles. The Hall–Kier alpha value is -2.08. The van der Waals surface area contributed by atoms with E-state index in [0.717, 1.165) is 24.3 Å². The van der Waals surface area contributed by atoms with Crippen LogP contribution in [0.2, 0.25) is 0 Å². The van der Waals surface area contributed by atoms with Gasteiger partial charge in [0, 0.05) is 0 Å². The molecule has 0 radical (unpaired) electrons. The van der Waals surface area contributed by atoms with Gasteiger partial charge in [0.05, 0.1) is 5.69 Å². The molecule has 0 aliphatic rings. The van der Waals surface area contributed by atoms with Crippen LogP contribution >= 0.6 is 0 Å². The third-order valence-corrected chi connectivity index (χ3v) is 3.47. The molecule has 0 atom stereocenters. The SMILES string of the molecule is Nc1ccccc1OS(=O)(=O)c1ccc(F)cc1. The van der Waals surface area contributed by atoms with Crippen LogP contribution in [-0.2, 0) is 10.1 Å². The van der Waals surface area contributed by atoms with Crippen molar-refractivity contribution in [1.82, 2.24) is 0 Å². The van der Waals surface area contributed by atoms with Gasteiger partial charge >= 0.3 is 10.1 Å². The van der Waals surface area contributed by atoms with E-state index in [1.54, 1.807) is 12.1 Å². The van der Waals surface area contributed by atoms with Gasteiger partial charge in [0.25, 0.3) is 0 Å². The number of hydrogen-bond donors (Lipinski definition) is 1. The van der Waals surface area contributed by atoms with E-state index < -0.39 is 15.9 Å². The number of rotatable bonds is 3. The number of hydrogen-bond acceptors (Lipinski definition) is 4. The molecule has 2 N–H and O–H groups in total. The first kappa shape index (κ1) is 12.4. The Kier molecular flexibility index (Phi) is 3.20. The zero-order valence-corrected chi connectivity index (χ0v) is 10.0. The van der Waals surface area contributed by atoms with Crippen LogP contribution in [0.25, 0.3) is 0 Å². The van der Waals surface area contributed by atoms with Crippen molar-refractivity contribution in [2.75, 3.05) is 5.73 Å². The zero-order chi connectivity index (χ0) is 13.2. The minimum atomic E-state index is -4.00. The molecule has 2 aromatic rings. The molecular formula is C12H10FNO3S. The highest BCUT2D eigenvalue weighted by molar-refractivity contribution is 7.87. The molecule has 0 aliphatic heterocycles. The number of nitrogens with two attached hydrogens (primary N) is 1. The van der Waals surface area contributed by atoms with E-state index in [2.05, 4.69) is 0 Å². The van der Waals surface area contributed by atoms with Gasteiger partial charge in [-0.25, -0.2) is 4.39 Å². The quantitative estimate of drug-likeness (QED) is 0.683. The predicted octanol–water partition coefficient (Wildman–Crippen LogP) is 2.18. The van der Waals surface area contributed by atoms with Crippen LogP contribution in [0.5, 0.6) is 5.75 Å². The van der Waals surface area contributed by atoms with Crippen molar-refractivity contribution in [3.8, 4) is 5.75 Å². The van der Waals surface area contributed by atoms with Gasteiger partial charge in [0.15, 0.2) is 5.75 Å². The Morgan fingerprint density at radius 2 is 1.61 bits per heavy atom. The molecule has 2 aromatic carbocycles. The molecular weight excluding hydrogens is 257 g/mol. The van der Waals surface area contributed by atoms with Gasteiger partial charge < -0.3 is 9.92 Å². The van der Waals surface area contributed by atoms with E-state index in [1.165, 1.54) is 12.1 Å². The summed E-state index contributed by atoms with van der Waals surface area (Å²) in [5.74, 6) is -0.477. The topological polar surface area (TPSA) is 69.4 Å². The van der Waals surface area contributed by atoms with Crippen molar-refractivity contribution in [3.63, 3.8) is 0 Å². The second-order valence-electron chi connectivity index (χ2n) is 3.53. The molecule has 0 aliphatic carbocycles. The Morgan fingerprint density at radius 3 is 2.22 bits per heavy atom. The molecule has 2 rings (SSSR count). The fourth-order valence-corrected chi connectivity index (χ4v) is 2.28. The van der Waals surface area contributed by atoms with Gasteiger partial charge in [-0.15, -0.1) is 0 Å². The second kappa shape index (κ2) is 4.66. The Morgan fingerprint density at radius 1 is 1.00 bits per heavy atom. The third-order valence-electron chi connectivity index (χ3n) is 2.22. The normalized spacial score (nSPS) is 11.2. The average molecular weight is 267 g/mol.